The molecular formula is C16H18N6O2. The number of carbonyl (C=O) groups excluding carboxylic acids is 1. The van der Waals surface area contributed by atoms with E-state index in [9.17, 15) is 4.79 Å². The standard InChI is InChI=1S/C16H18N6O2/c1-3-6-24-12-7-13(20-9(2)23)22-15-14(12)10(8-19-15)11-4-5-18-16(17)21-11/h4-5,7-8H,3,6H2,1-2H3,(H2,17,18,21)(H2,19,20,22,23). The van der Waals surface area contributed by atoms with E-state index >= 15 is 0 Å². The van der Waals surface area contributed by atoms with Crippen LogP contribution in [0.1, 0.15) is 20.3 Å². The molecule has 0 bridgehead atoms. The monoisotopic (exact) mass is 326 g/mol. The van der Waals surface area contributed by atoms with Crippen molar-refractivity contribution in [3.05, 3.63) is 24.5 Å². The molecule has 0 aliphatic carbocycles. The summed E-state index contributed by atoms with van der Waals surface area (Å²) in [5.74, 6) is 1.05. The minimum Gasteiger partial charge on any atom is -0.493 e. The van der Waals surface area contributed by atoms with Crippen LogP contribution in [0.25, 0.3) is 22.3 Å². The summed E-state index contributed by atoms with van der Waals surface area (Å²) < 4.78 is 5.86. The second kappa shape index (κ2) is 6.53. The van der Waals surface area contributed by atoms with Crippen molar-refractivity contribution >= 4 is 28.7 Å². The molecule has 24 heavy (non-hydrogen) atoms. The Morgan fingerprint density at radius 3 is 2.96 bits per heavy atom. The van der Waals surface area contributed by atoms with Crippen LogP contribution in [-0.4, -0.2) is 32.4 Å². The van der Waals surface area contributed by atoms with E-state index < -0.39 is 0 Å². The van der Waals surface area contributed by atoms with E-state index in [-0.39, 0.29) is 11.9 Å². The molecule has 0 atom stereocenters. The highest BCUT2D eigenvalue weighted by molar-refractivity contribution is 5.99. The zero-order valence-corrected chi connectivity index (χ0v) is 13.5. The van der Waals surface area contributed by atoms with Gasteiger partial charge in [0.05, 0.1) is 17.7 Å². The number of nitrogens with two attached hydrogens (primary N) is 1. The molecule has 0 saturated carbocycles. The fraction of sp³-hybridized carbons (Fsp3) is 0.250. The minimum absolute atomic E-state index is 0.195. The maximum absolute atomic E-state index is 11.3. The number of rotatable bonds is 5. The lowest BCUT2D eigenvalue weighted by molar-refractivity contribution is -0.114. The number of nitrogen functional groups attached to an aromatic ring is 1. The van der Waals surface area contributed by atoms with Crippen LogP contribution in [-0.2, 0) is 4.79 Å². The van der Waals surface area contributed by atoms with E-state index in [1.807, 2.05) is 6.92 Å². The molecule has 1 amide bonds. The Labute approximate surface area is 138 Å². The van der Waals surface area contributed by atoms with Crippen LogP contribution in [0, 0.1) is 0 Å². The lowest BCUT2D eigenvalue weighted by atomic mass is 10.1. The van der Waals surface area contributed by atoms with E-state index in [1.165, 1.54) is 6.92 Å². The molecule has 0 spiro atoms. The Bertz CT molecular complexity index is 889. The molecule has 0 unspecified atom stereocenters. The summed E-state index contributed by atoms with van der Waals surface area (Å²) >= 11 is 0. The van der Waals surface area contributed by atoms with Crippen LogP contribution >= 0.6 is 0 Å². The van der Waals surface area contributed by atoms with Crippen molar-refractivity contribution in [2.45, 2.75) is 20.3 Å². The molecule has 3 aromatic heterocycles. The third kappa shape index (κ3) is 3.12. The Morgan fingerprint density at radius 1 is 1.42 bits per heavy atom. The molecule has 4 N–H and O–H groups in total. The predicted octanol–water partition coefficient (Wildman–Crippen LogP) is 2.35. The van der Waals surface area contributed by atoms with Gasteiger partial charge in [-0.2, -0.15) is 0 Å². The molecule has 3 aromatic rings. The normalized spacial score (nSPS) is 10.8. The van der Waals surface area contributed by atoms with Gasteiger partial charge in [0, 0.05) is 30.9 Å². The summed E-state index contributed by atoms with van der Waals surface area (Å²) in [5, 5.41) is 3.46. The summed E-state index contributed by atoms with van der Waals surface area (Å²) in [4.78, 5) is 27.0. The number of hydrogen-bond donors (Lipinski definition) is 3. The smallest absolute Gasteiger partial charge is 0.222 e. The maximum atomic E-state index is 11.3. The number of hydrogen-bond acceptors (Lipinski definition) is 6. The van der Waals surface area contributed by atoms with Crippen molar-refractivity contribution in [3.63, 3.8) is 0 Å². The number of anilines is 2. The van der Waals surface area contributed by atoms with Crippen LogP contribution in [0.4, 0.5) is 11.8 Å². The van der Waals surface area contributed by atoms with E-state index in [2.05, 4.69) is 25.3 Å². The van der Waals surface area contributed by atoms with Crippen LogP contribution in [0.15, 0.2) is 24.5 Å². The van der Waals surface area contributed by atoms with Crippen LogP contribution in [0.5, 0.6) is 5.75 Å². The zero-order chi connectivity index (χ0) is 17.1. The Morgan fingerprint density at radius 2 is 2.25 bits per heavy atom. The first-order valence-corrected chi connectivity index (χ1v) is 7.60. The number of pyridine rings is 1. The molecular weight excluding hydrogens is 308 g/mol. The second-order valence-electron chi connectivity index (χ2n) is 5.26. The van der Waals surface area contributed by atoms with E-state index in [4.69, 9.17) is 10.5 Å². The van der Waals surface area contributed by atoms with Crippen molar-refractivity contribution in [1.29, 1.82) is 0 Å². The van der Waals surface area contributed by atoms with Crippen molar-refractivity contribution in [2.24, 2.45) is 0 Å². The van der Waals surface area contributed by atoms with Gasteiger partial charge in [-0.1, -0.05) is 6.92 Å². The van der Waals surface area contributed by atoms with Crippen molar-refractivity contribution in [3.8, 4) is 17.0 Å². The van der Waals surface area contributed by atoms with Gasteiger partial charge in [-0.3, -0.25) is 4.79 Å². The number of nitrogens with one attached hydrogen (secondary N) is 2. The van der Waals surface area contributed by atoms with Gasteiger partial charge in [0.25, 0.3) is 0 Å². The van der Waals surface area contributed by atoms with Crippen LogP contribution in [0.3, 0.4) is 0 Å². The van der Waals surface area contributed by atoms with Gasteiger partial charge < -0.3 is 20.8 Å². The summed E-state index contributed by atoms with van der Waals surface area (Å²) in [6.45, 7) is 4.01. The summed E-state index contributed by atoms with van der Waals surface area (Å²) in [5.41, 5.74) is 7.76. The predicted molar refractivity (Wildman–Crippen MR) is 91.6 cm³/mol. The largest absolute Gasteiger partial charge is 0.493 e. The first-order valence-electron chi connectivity index (χ1n) is 7.60. The minimum atomic E-state index is -0.196. The van der Waals surface area contributed by atoms with Gasteiger partial charge in [0.1, 0.15) is 17.2 Å². The zero-order valence-electron chi connectivity index (χ0n) is 13.5. The molecule has 8 nitrogen and oxygen atoms in total. The lowest BCUT2D eigenvalue weighted by Crippen LogP contribution is -2.08. The Kier molecular flexibility index (Phi) is 4.28. The highest BCUT2D eigenvalue weighted by Gasteiger charge is 2.16. The van der Waals surface area contributed by atoms with Gasteiger partial charge in [0.2, 0.25) is 11.9 Å². The first kappa shape index (κ1) is 15.7. The molecule has 0 aromatic carbocycles. The van der Waals surface area contributed by atoms with E-state index in [0.717, 1.165) is 17.4 Å². The molecule has 0 radical (unpaired) electrons. The van der Waals surface area contributed by atoms with Crippen LogP contribution in [0.2, 0.25) is 0 Å². The molecule has 3 heterocycles. The molecule has 3 rings (SSSR count). The fourth-order valence-corrected chi connectivity index (χ4v) is 2.40. The average Bonchev–Trinajstić information content (AvgIpc) is 2.96. The van der Waals surface area contributed by atoms with Gasteiger partial charge in [-0.05, 0) is 12.5 Å². The second-order valence-corrected chi connectivity index (χ2v) is 5.26. The molecule has 0 saturated heterocycles. The molecule has 0 aliphatic heterocycles. The summed E-state index contributed by atoms with van der Waals surface area (Å²) in [6.07, 6.45) is 4.25. The third-order valence-electron chi connectivity index (χ3n) is 3.32. The molecule has 124 valence electrons. The summed E-state index contributed by atoms with van der Waals surface area (Å²) in [6, 6.07) is 3.48. The Hall–Kier alpha value is -3.16. The number of nitrogens with zero attached hydrogens (tertiary/aromatic N) is 3. The number of amides is 1. The number of aromatic nitrogens is 4. The van der Waals surface area contributed by atoms with E-state index in [1.54, 1.807) is 24.5 Å². The van der Waals surface area contributed by atoms with Crippen LogP contribution < -0.4 is 15.8 Å². The fourth-order valence-electron chi connectivity index (χ4n) is 2.40. The number of fused-ring (bicyclic) bond motifs is 1. The maximum Gasteiger partial charge on any atom is 0.222 e. The Balaban J connectivity index is 2.16. The van der Waals surface area contributed by atoms with Gasteiger partial charge in [-0.25, -0.2) is 15.0 Å². The molecule has 0 aliphatic rings. The third-order valence-corrected chi connectivity index (χ3v) is 3.32. The highest BCUT2D eigenvalue weighted by Crippen LogP contribution is 2.35. The summed E-state index contributed by atoms with van der Waals surface area (Å²) in [7, 11) is 0. The molecule has 0 fully saturated rings. The van der Waals surface area contributed by atoms with Crippen molar-refractivity contribution < 1.29 is 9.53 Å². The number of aromatic amines is 1. The molecule has 8 heteroatoms. The van der Waals surface area contributed by atoms with Crippen molar-refractivity contribution in [1.82, 2.24) is 19.9 Å². The topological polar surface area (TPSA) is 119 Å². The lowest BCUT2D eigenvalue weighted by Gasteiger charge is -2.10. The average molecular weight is 326 g/mol. The quantitative estimate of drug-likeness (QED) is 0.662. The van der Waals surface area contributed by atoms with Gasteiger partial charge >= 0.3 is 0 Å². The SMILES string of the molecule is CCCOc1cc(NC(C)=O)nc2[nH]cc(-c3ccnc(N)n3)c12. The van der Waals surface area contributed by atoms with Crippen molar-refractivity contribution in [2.75, 3.05) is 17.7 Å². The van der Waals surface area contributed by atoms with Gasteiger partial charge in [0.15, 0.2) is 0 Å². The first-order chi connectivity index (χ1) is 11.6. The number of ether oxygens (including phenoxy) is 1. The highest BCUT2D eigenvalue weighted by atomic mass is 16.5. The number of carbonyl (C=O) groups is 1. The number of H-pyrrole nitrogens is 1. The van der Waals surface area contributed by atoms with E-state index in [0.29, 0.717) is 29.5 Å². The van der Waals surface area contributed by atoms with Gasteiger partial charge in [-0.15, -0.1) is 0 Å².